The van der Waals surface area contributed by atoms with Gasteiger partial charge in [0.1, 0.15) is 0 Å². The van der Waals surface area contributed by atoms with E-state index in [9.17, 15) is 14.7 Å². The molecule has 0 amide bonds. The molecule has 0 bridgehead atoms. The highest BCUT2D eigenvalue weighted by atomic mass is 79.9. The summed E-state index contributed by atoms with van der Waals surface area (Å²) in [7, 11) is 0. The molecule has 0 fully saturated rings. The Morgan fingerprint density at radius 1 is 1.14 bits per heavy atom. The summed E-state index contributed by atoms with van der Waals surface area (Å²) in [5.74, 6) is -1.73. The zero-order valence-corrected chi connectivity index (χ0v) is 14.4. The van der Waals surface area contributed by atoms with Gasteiger partial charge in [0.05, 0.1) is 10.4 Å². The summed E-state index contributed by atoms with van der Waals surface area (Å²) in [6, 6.07) is 8.43. The maximum Gasteiger partial charge on any atom is 0.346 e. The van der Waals surface area contributed by atoms with Crippen LogP contribution in [0.5, 0.6) is 0 Å². The predicted molar refractivity (Wildman–Crippen MR) is 89.4 cm³/mol. The van der Waals surface area contributed by atoms with Gasteiger partial charge in [-0.15, -0.1) is 0 Å². The Kier molecular flexibility index (Phi) is 8.82. The second kappa shape index (κ2) is 10.4. The van der Waals surface area contributed by atoms with Crippen LogP contribution in [-0.2, 0) is 9.53 Å². The number of carbonyl (C=O) groups is 2. The first-order chi connectivity index (χ1) is 10.6. The van der Waals surface area contributed by atoms with Crippen LogP contribution in [0.3, 0.4) is 0 Å². The highest BCUT2D eigenvalue weighted by molar-refractivity contribution is 9.09. The Morgan fingerprint density at radius 3 is 2.36 bits per heavy atom. The molecule has 5 heteroatoms. The van der Waals surface area contributed by atoms with E-state index in [-0.39, 0.29) is 4.83 Å². The molecule has 0 saturated carbocycles. The van der Waals surface area contributed by atoms with Crippen LogP contribution in [0.4, 0.5) is 0 Å². The maximum atomic E-state index is 12.0. The van der Waals surface area contributed by atoms with Crippen LogP contribution in [0.2, 0.25) is 0 Å². The van der Waals surface area contributed by atoms with Gasteiger partial charge in [0.2, 0.25) is 6.10 Å². The third-order valence-corrected chi connectivity index (χ3v) is 4.34. The van der Waals surface area contributed by atoms with Gasteiger partial charge in [-0.3, -0.25) is 0 Å². The van der Waals surface area contributed by atoms with Gasteiger partial charge in [0.25, 0.3) is 0 Å². The minimum absolute atomic E-state index is 0.358. The predicted octanol–water partition coefficient (Wildman–Crippen LogP) is 4.42. The van der Waals surface area contributed by atoms with Crippen molar-refractivity contribution >= 4 is 27.9 Å². The summed E-state index contributed by atoms with van der Waals surface area (Å²) in [5.41, 5.74) is 0.358. The molecule has 2 unspecified atom stereocenters. The topological polar surface area (TPSA) is 63.6 Å². The van der Waals surface area contributed by atoms with Crippen LogP contribution in [0.1, 0.15) is 55.8 Å². The van der Waals surface area contributed by atoms with Gasteiger partial charge in [-0.25, -0.2) is 9.59 Å². The maximum absolute atomic E-state index is 12.0. The van der Waals surface area contributed by atoms with Crippen LogP contribution < -0.4 is 0 Å². The van der Waals surface area contributed by atoms with Crippen molar-refractivity contribution in [2.75, 3.05) is 0 Å². The fourth-order valence-corrected chi connectivity index (χ4v) is 2.79. The Hall–Kier alpha value is -1.36. The second-order valence-electron chi connectivity index (χ2n) is 5.25. The lowest BCUT2D eigenvalue weighted by molar-refractivity contribution is -0.147. The van der Waals surface area contributed by atoms with Crippen molar-refractivity contribution in [2.24, 2.45) is 0 Å². The summed E-state index contributed by atoms with van der Waals surface area (Å²) in [4.78, 5) is 22.9. The van der Waals surface area contributed by atoms with E-state index in [0.717, 1.165) is 19.3 Å². The number of unbranched alkanes of at least 4 members (excludes halogenated alkanes) is 4. The van der Waals surface area contributed by atoms with Crippen LogP contribution in [-0.4, -0.2) is 28.0 Å². The third kappa shape index (κ3) is 6.60. The van der Waals surface area contributed by atoms with E-state index < -0.39 is 18.0 Å². The summed E-state index contributed by atoms with van der Waals surface area (Å²) in [6.07, 6.45) is 5.00. The molecule has 0 aromatic heterocycles. The fraction of sp³-hybridized carbons (Fsp3) is 0.529. The molecule has 0 radical (unpaired) electrons. The number of hydrogen-bond acceptors (Lipinski definition) is 3. The number of halogens is 1. The molecule has 1 N–H and O–H groups in total. The summed E-state index contributed by atoms with van der Waals surface area (Å²) in [5, 5.41) is 9.27. The quantitative estimate of drug-likeness (QED) is 0.376. The van der Waals surface area contributed by atoms with Crippen molar-refractivity contribution in [3.05, 3.63) is 35.9 Å². The number of benzene rings is 1. The normalized spacial score (nSPS) is 13.4. The van der Waals surface area contributed by atoms with Crippen molar-refractivity contribution in [3.63, 3.8) is 0 Å². The summed E-state index contributed by atoms with van der Waals surface area (Å²) in [6.45, 7) is 2.15. The Labute approximate surface area is 140 Å². The molecule has 0 heterocycles. The van der Waals surface area contributed by atoms with Gasteiger partial charge in [0.15, 0.2) is 0 Å². The molecule has 22 heavy (non-hydrogen) atoms. The Bertz CT molecular complexity index is 461. The molecule has 2 atom stereocenters. The summed E-state index contributed by atoms with van der Waals surface area (Å²) >= 11 is 3.36. The largest absolute Gasteiger partial charge is 0.478 e. The van der Waals surface area contributed by atoms with E-state index in [2.05, 4.69) is 22.9 Å². The minimum Gasteiger partial charge on any atom is -0.478 e. The molecular weight excluding hydrogens is 348 g/mol. The molecule has 1 aromatic rings. The number of carboxylic acid groups (broad SMARTS) is 1. The molecule has 0 aliphatic carbocycles. The molecule has 4 nitrogen and oxygen atoms in total. The van der Waals surface area contributed by atoms with E-state index >= 15 is 0 Å². The monoisotopic (exact) mass is 370 g/mol. The number of ether oxygens (including phenoxy) is 1. The van der Waals surface area contributed by atoms with Crippen molar-refractivity contribution < 1.29 is 19.4 Å². The number of aliphatic carboxylic acids is 1. The zero-order valence-electron chi connectivity index (χ0n) is 12.8. The van der Waals surface area contributed by atoms with Crippen LogP contribution in [0, 0.1) is 0 Å². The molecular formula is C17H23BrO4. The van der Waals surface area contributed by atoms with Crippen LogP contribution in [0.25, 0.3) is 0 Å². The van der Waals surface area contributed by atoms with Gasteiger partial charge < -0.3 is 9.84 Å². The molecule has 0 saturated heterocycles. The van der Waals surface area contributed by atoms with Gasteiger partial charge in [-0.1, -0.05) is 73.2 Å². The summed E-state index contributed by atoms with van der Waals surface area (Å²) < 4.78 is 5.15. The lowest BCUT2D eigenvalue weighted by Crippen LogP contribution is -2.35. The standard InChI is InChI=1S/C17H23BrO4/c1-2-3-4-5-9-12-14(18)15(16(19)20)22-17(21)13-10-7-6-8-11-13/h6-8,10-11,14-15H,2-5,9,12H2,1H3,(H,19,20). The molecule has 1 aromatic carbocycles. The van der Waals surface area contributed by atoms with Gasteiger partial charge in [-0.2, -0.15) is 0 Å². The average Bonchev–Trinajstić information content (AvgIpc) is 2.52. The van der Waals surface area contributed by atoms with E-state index in [1.807, 2.05) is 0 Å². The molecule has 1 rings (SSSR count). The Morgan fingerprint density at radius 2 is 1.77 bits per heavy atom. The SMILES string of the molecule is CCCCCCCC(Br)C(OC(=O)c1ccccc1)C(=O)O. The molecule has 0 aliphatic rings. The van der Waals surface area contributed by atoms with Crippen molar-refractivity contribution in [3.8, 4) is 0 Å². The average molecular weight is 371 g/mol. The van der Waals surface area contributed by atoms with Gasteiger partial charge >= 0.3 is 11.9 Å². The van der Waals surface area contributed by atoms with E-state index in [1.54, 1.807) is 30.3 Å². The first-order valence-electron chi connectivity index (χ1n) is 7.69. The first-order valence-corrected chi connectivity index (χ1v) is 8.60. The van der Waals surface area contributed by atoms with E-state index in [4.69, 9.17) is 4.74 Å². The number of carbonyl (C=O) groups excluding carboxylic acids is 1. The molecule has 122 valence electrons. The van der Waals surface area contributed by atoms with Crippen molar-refractivity contribution in [1.29, 1.82) is 0 Å². The molecule has 0 spiro atoms. The van der Waals surface area contributed by atoms with Gasteiger partial charge in [-0.05, 0) is 18.6 Å². The van der Waals surface area contributed by atoms with Crippen LogP contribution in [0.15, 0.2) is 30.3 Å². The highest BCUT2D eigenvalue weighted by Gasteiger charge is 2.30. The lowest BCUT2D eigenvalue weighted by atomic mass is 10.1. The third-order valence-electron chi connectivity index (χ3n) is 3.40. The van der Waals surface area contributed by atoms with Crippen molar-refractivity contribution in [2.45, 2.75) is 56.4 Å². The second-order valence-corrected chi connectivity index (χ2v) is 6.43. The number of alkyl halides is 1. The van der Waals surface area contributed by atoms with E-state index in [1.165, 1.54) is 12.8 Å². The highest BCUT2D eigenvalue weighted by Crippen LogP contribution is 2.20. The number of esters is 1. The van der Waals surface area contributed by atoms with Crippen molar-refractivity contribution in [1.82, 2.24) is 0 Å². The zero-order chi connectivity index (χ0) is 16.4. The first kappa shape index (κ1) is 18.7. The number of carboxylic acids is 1. The molecule has 0 aliphatic heterocycles. The van der Waals surface area contributed by atoms with E-state index in [0.29, 0.717) is 12.0 Å². The number of hydrogen-bond donors (Lipinski definition) is 1. The van der Waals surface area contributed by atoms with Crippen LogP contribution >= 0.6 is 15.9 Å². The minimum atomic E-state index is -1.17. The lowest BCUT2D eigenvalue weighted by Gasteiger charge is -2.19. The Balaban J connectivity index is 2.50. The fourth-order valence-electron chi connectivity index (χ4n) is 2.13. The number of rotatable bonds is 10. The van der Waals surface area contributed by atoms with Gasteiger partial charge in [0, 0.05) is 0 Å². The smallest absolute Gasteiger partial charge is 0.346 e.